The predicted molar refractivity (Wildman–Crippen MR) is 88.1 cm³/mol. The Hall–Kier alpha value is -1.53. The summed E-state index contributed by atoms with van der Waals surface area (Å²) in [7, 11) is 1.45. The normalized spacial score (nSPS) is 19.5. The van der Waals surface area contributed by atoms with Crippen LogP contribution in [0.3, 0.4) is 0 Å². The third-order valence-corrected chi connectivity index (χ3v) is 5.18. The first-order chi connectivity index (χ1) is 10.7. The van der Waals surface area contributed by atoms with E-state index in [1.165, 1.54) is 12.8 Å². The van der Waals surface area contributed by atoms with Crippen LogP contribution in [-0.4, -0.2) is 51.5 Å². The van der Waals surface area contributed by atoms with E-state index in [2.05, 4.69) is 28.5 Å². The molecular weight excluding hydrogens is 298 g/mol. The van der Waals surface area contributed by atoms with Gasteiger partial charge in [0.1, 0.15) is 5.65 Å². The van der Waals surface area contributed by atoms with E-state index < -0.39 is 0 Å². The van der Waals surface area contributed by atoms with Gasteiger partial charge in [-0.25, -0.2) is 4.98 Å². The molecule has 1 saturated heterocycles. The minimum atomic E-state index is -0.136. The van der Waals surface area contributed by atoms with Gasteiger partial charge in [0.2, 0.25) is 0 Å². The van der Waals surface area contributed by atoms with E-state index in [4.69, 9.17) is 9.72 Å². The minimum absolute atomic E-state index is 0.136. The summed E-state index contributed by atoms with van der Waals surface area (Å²) in [6.45, 7) is 3.85. The number of methoxy groups -OCH3 is 1. The smallest absolute Gasteiger partial charge is 0.307 e. The highest BCUT2D eigenvalue weighted by Crippen LogP contribution is 2.21. The van der Waals surface area contributed by atoms with Crippen LogP contribution in [0, 0.1) is 6.92 Å². The molecule has 3 rings (SSSR count). The van der Waals surface area contributed by atoms with E-state index in [9.17, 15) is 4.79 Å². The van der Waals surface area contributed by atoms with E-state index in [-0.39, 0.29) is 12.0 Å². The van der Waals surface area contributed by atoms with Crippen molar-refractivity contribution in [2.24, 2.45) is 0 Å². The highest BCUT2D eigenvalue weighted by atomic mass is 32.2. The molecule has 6 heteroatoms. The van der Waals surface area contributed by atoms with Crippen molar-refractivity contribution in [3.63, 3.8) is 0 Å². The molecule has 0 radical (unpaired) electrons. The van der Waals surface area contributed by atoms with Gasteiger partial charge in [-0.3, -0.25) is 9.69 Å². The number of aryl methyl sites for hydroxylation is 1. The summed E-state index contributed by atoms with van der Waals surface area (Å²) in [4.78, 5) is 18.6. The topological polar surface area (TPSA) is 46.8 Å². The van der Waals surface area contributed by atoms with Gasteiger partial charge in [0.15, 0.2) is 0 Å². The third kappa shape index (κ3) is 3.28. The van der Waals surface area contributed by atoms with Crippen LogP contribution in [0.15, 0.2) is 24.4 Å². The fourth-order valence-corrected chi connectivity index (χ4v) is 3.98. The van der Waals surface area contributed by atoms with Gasteiger partial charge in [-0.05, 0) is 19.1 Å². The van der Waals surface area contributed by atoms with Gasteiger partial charge in [-0.2, -0.15) is 11.8 Å². The lowest BCUT2D eigenvalue weighted by atomic mass is 10.2. The molecule has 5 nitrogen and oxygen atoms in total. The summed E-state index contributed by atoms with van der Waals surface area (Å²) in [5.74, 6) is 1.94. The molecule has 118 valence electrons. The van der Waals surface area contributed by atoms with E-state index in [0.717, 1.165) is 35.9 Å². The van der Waals surface area contributed by atoms with Gasteiger partial charge >= 0.3 is 5.97 Å². The summed E-state index contributed by atoms with van der Waals surface area (Å²) in [6.07, 6.45) is 2.55. The first-order valence-corrected chi connectivity index (χ1v) is 8.65. The highest BCUT2D eigenvalue weighted by Gasteiger charge is 2.26. The lowest BCUT2D eigenvalue weighted by Gasteiger charge is -2.34. The van der Waals surface area contributed by atoms with E-state index in [1.54, 1.807) is 0 Å². The van der Waals surface area contributed by atoms with Crippen LogP contribution in [0.5, 0.6) is 0 Å². The number of aromatic nitrogens is 2. The molecule has 0 N–H and O–H groups in total. The van der Waals surface area contributed by atoms with Crippen molar-refractivity contribution in [3.05, 3.63) is 35.8 Å². The Balaban J connectivity index is 1.76. The number of nitrogens with zero attached hydrogens (tertiary/aromatic N) is 3. The average molecular weight is 319 g/mol. The van der Waals surface area contributed by atoms with Gasteiger partial charge in [0.25, 0.3) is 0 Å². The summed E-state index contributed by atoms with van der Waals surface area (Å²) in [6, 6.07) is 6.36. The predicted octanol–water partition coefficient (Wildman–Crippen LogP) is 2.12. The number of carbonyl (C=O) groups is 1. The molecule has 1 aliphatic rings. The number of esters is 1. The fourth-order valence-electron chi connectivity index (χ4n) is 2.84. The number of hydrogen-bond acceptors (Lipinski definition) is 5. The van der Waals surface area contributed by atoms with E-state index in [1.807, 2.05) is 23.9 Å². The molecule has 0 bridgehead atoms. The van der Waals surface area contributed by atoms with Gasteiger partial charge < -0.3 is 9.14 Å². The van der Waals surface area contributed by atoms with Crippen molar-refractivity contribution in [1.82, 2.24) is 14.3 Å². The molecule has 2 aromatic rings. The quantitative estimate of drug-likeness (QED) is 0.808. The van der Waals surface area contributed by atoms with E-state index in [0.29, 0.717) is 6.42 Å². The van der Waals surface area contributed by atoms with Crippen LogP contribution in [-0.2, 0) is 16.1 Å². The maximum absolute atomic E-state index is 11.6. The second-order valence-corrected chi connectivity index (χ2v) is 6.76. The van der Waals surface area contributed by atoms with Crippen LogP contribution in [0.1, 0.15) is 17.8 Å². The Labute approximate surface area is 134 Å². The van der Waals surface area contributed by atoms with Gasteiger partial charge in [-0.15, -0.1) is 0 Å². The van der Waals surface area contributed by atoms with Crippen LogP contribution in [0.2, 0.25) is 0 Å². The highest BCUT2D eigenvalue weighted by molar-refractivity contribution is 7.99. The number of rotatable bonds is 4. The standard InChI is InChI=1S/C16H21N3O2S/c1-12-4-3-5-15-17-13(10-19(12)15)9-18-6-7-22-11-14(18)8-16(20)21-2/h3-5,10,14H,6-9,11H2,1-2H3/t14-/m1/s1. The second-order valence-electron chi connectivity index (χ2n) is 5.61. The summed E-state index contributed by atoms with van der Waals surface area (Å²) >= 11 is 1.90. The van der Waals surface area contributed by atoms with Crippen molar-refractivity contribution >= 4 is 23.4 Å². The van der Waals surface area contributed by atoms with Crippen LogP contribution in [0.25, 0.3) is 5.65 Å². The fraction of sp³-hybridized carbons (Fsp3) is 0.500. The molecule has 0 aromatic carbocycles. The number of thioether (sulfide) groups is 1. The summed E-state index contributed by atoms with van der Waals surface area (Å²) < 4.78 is 6.94. The van der Waals surface area contributed by atoms with Gasteiger partial charge in [0.05, 0.1) is 19.2 Å². The van der Waals surface area contributed by atoms with E-state index >= 15 is 0 Å². The van der Waals surface area contributed by atoms with Crippen molar-refractivity contribution < 1.29 is 9.53 Å². The summed E-state index contributed by atoms with van der Waals surface area (Å²) in [5.41, 5.74) is 3.21. The SMILES string of the molecule is COC(=O)C[C@@H]1CSCCN1Cc1cn2c(C)cccc2n1. The Kier molecular flexibility index (Phi) is 4.69. The second kappa shape index (κ2) is 6.71. The first kappa shape index (κ1) is 15.4. The van der Waals surface area contributed by atoms with Crippen LogP contribution in [0.4, 0.5) is 0 Å². The number of hydrogen-bond donors (Lipinski definition) is 0. The zero-order chi connectivity index (χ0) is 15.5. The van der Waals surface area contributed by atoms with Crippen molar-refractivity contribution in [2.75, 3.05) is 25.2 Å². The molecule has 0 unspecified atom stereocenters. The Bertz CT molecular complexity index is 670. The molecule has 22 heavy (non-hydrogen) atoms. The maximum atomic E-state index is 11.6. The Morgan fingerprint density at radius 1 is 1.50 bits per heavy atom. The Morgan fingerprint density at radius 2 is 2.36 bits per heavy atom. The van der Waals surface area contributed by atoms with Crippen LogP contribution >= 0.6 is 11.8 Å². The first-order valence-electron chi connectivity index (χ1n) is 7.49. The van der Waals surface area contributed by atoms with Crippen LogP contribution < -0.4 is 0 Å². The minimum Gasteiger partial charge on any atom is -0.469 e. The third-order valence-electron chi connectivity index (χ3n) is 4.09. The zero-order valence-corrected chi connectivity index (χ0v) is 13.8. The van der Waals surface area contributed by atoms with Gasteiger partial charge in [-0.1, -0.05) is 6.07 Å². The Morgan fingerprint density at radius 3 is 3.14 bits per heavy atom. The number of ether oxygens (including phenoxy) is 1. The lowest BCUT2D eigenvalue weighted by Crippen LogP contribution is -2.43. The molecule has 3 heterocycles. The molecular formula is C16H21N3O2S. The number of pyridine rings is 1. The largest absolute Gasteiger partial charge is 0.469 e. The number of imidazole rings is 1. The lowest BCUT2D eigenvalue weighted by molar-refractivity contribution is -0.141. The molecule has 0 spiro atoms. The molecule has 1 fully saturated rings. The molecule has 1 aliphatic heterocycles. The van der Waals surface area contributed by atoms with Crippen molar-refractivity contribution in [1.29, 1.82) is 0 Å². The molecule has 0 saturated carbocycles. The molecule has 1 atom stereocenters. The molecule has 0 aliphatic carbocycles. The maximum Gasteiger partial charge on any atom is 0.307 e. The van der Waals surface area contributed by atoms with Gasteiger partial charge in [0, 0.05) is 42.5 Å². The summed E-state index contributed by atoms with van der Waals surface area (Å²) in [5, 5.41) is 0. The van der Waals surface area contributed by atoms with Crippen molar-refractivity contribution in [2.45, 2.75) is 25.9 Å². The molecule has 2 aromatic heterocycles. The zero-order valence-electron chi connectivity index (χ0n) is 13.0. The monoisotopic (exact) mass is 319 g/mol. The number of fused-ring (bicyclic) bond motifs is 1. The number of carbonyl (C=O) groups excluding carboxylic acids is 1. The van der Waals surface area contributed by atoms with Crippen molar-refractivity contribution in [3.8, 4) is 0 Å². The average Bonchev–Trinajstić information content (AvgIpc) is 2.93. The molecule has 0 amide bonds.